The first-order valence-electron chi connectivity index (χ1n) is 3.84. The molecular weight excluding hydrogens is 144 g/mol. The molecule has 0 bridgehead atoms. The normalized spacial score (nSPS) is 18.0. The fraction of sp³-hybridized carbons (Fsp3) is 1.00. The smallest absolute Gasteiger partial charge is 0.103 e. The van der Waals surface area contributed by atoms with Gasteiger partial charge in [0.2, 0.25) is 0 Å². The zero-order valence-electron chi connectivity index (χ0n) is 7.41. The summed E-state index contributed by atoms with van der Waals surface area (Å²) >= 11 is 0. The number of hydrogen-bond acceptors (Lipinski definition) is 3. The molecule has 0 saturated carbocycles. The van der Waals surface area contributed by atoms with Gasteiger partial charge in [0.05, 0.1) is 12.7 Å². The molecule has 0 heterocycles. The Morgan fingerprint density at radius 3 is 1.82 bits per heavy atom. The summed E-state index contributed by atoms with van der Waals surface area (Å²) in [5.41, 5.74) is -0.0183. The third-order valence-corrected chi connectivity index (χ3v) is 1.45. The molecule has 3 nitrogen and oxygen atoms in total. The molecule has 3 N–H and O–H groups in total. The molecular formula is C8H18O3. The lowest BCUT2D eigenvalue weighted by Crippen LogP contribution is -2.32. The summed E-state index contributed by atoms with van der Waals surface area (Å²) in [7, 11) is 0. The van der Waals surface area contributed by atoms with Crippen molar-refractivity contribution >= 4 is 0 Å². The average Bonchev–Trinajstić information content (AvgIpc) is 1.82. The lowest BCUT2D eigenvalue weighted by molar-refractivity contribution is -0.0312. The quantitative estimate of drug-likeness (QED) is 0.553. The lowest BCUT2D eigenvalue weighted by Gasteiger charge is -2.24. The van der Waals surface area contributed by atoms with Gasteiger partial charge in [-0.2, -0.15) is 0 Å². The Bertz CT molecular complexity index is 106. The van der Waals surface area contributed by atoms with Crippen molar-refractivity contribution in [3.63, 3.8) is 0 Å². The van der Waals surface area contributed by atoms with Crippen LogP contribution in [0.1, 0.15) is 27.2 Å². The Balaban J connectivity index is 3.77. The predicted molar refractivity (Wildman–Crippen MR) is 43.2 cm³/mol. The second-order valence-electron chi connectivity index (χ2n) is 4.08. The first-order valence-corrected chi connectivity index (χ1v) is 3.84. The summed E-state index contributed by atoms with van der Waals surface area (Å²) in [5, 5.41) is 26.7. The number of aliphatic hydroxyl groups excluding tert-OH is 3. The number of rotatable bonds is 3. The highest BCUT2D eigenvalue weighted by Crippen LogP contribution is 2.21. The summed E-state index contributed by atoms with van der Waals surface area (Å²) in [5.74, 6) is 0. The third-order valence-electron chi connectivity index (χ3n) is 1.45. The fourth-order valence-electron chi connectivity index (χ4n) is 0.885. The molecule has 0 rings (SSSR count). The van der Waals surface area contributed by atoms with Gasteiger partial charge in [-0.3, -0.25) is 0 Å². The maximum absolute atomic E-state index is 9.24. The van der Waals surface area contributed by atoms with E-state index in [2.05, 4.69) is 0 Å². The molecule has 2 atom stereocenters. The van der Waals surface area contributed by atoms with E-state index in [1.807, 2.05) is 20.8 Å². The topological polar surface area (TPSA) is 60.7 Å². The molecule has 0 aliphatic carbocycles. The molecule has 0 unspecified atom stereocenters. The maximum atomic E-state index is 9.24. The molecule has 0 radical (unpaired) electrons. The fourth-order valence-corrected chi connectivity index (χ4v) is 0.885. The van der Waals surface area contributed by atoms with Crippen LogP contribution in [0.4, 0.5) is 0 Å². The van der Waals surface area contributed by atoms with Crippen LogP contribution in [0.2, 0.25) is 0 Å². The van der Waals surface area contributed by atoms with Gasteiger partial charge in [-0.15, -0.1) is 0 Å². The first-order chi connectivity index (χ1) is 4.87. The van der Waals surface area contributed by atoms with Crippen LogP contribution in [-0.4, -0.2) is 34.1 Å². The van der Waals surface area contributed by atoms with E-state index in [1.165, 1.54) is 0 Å². The van der Waals surface area contributed by atoms with Crippen LogP contribution in [0.5, 0.6) is 0 Å². The average molecular weight is 162 g/mol. The van der Waals surface area contributed by atoms with Crippen LogP contribution in [-0.2, 0) is 0 Å². The maximum Gasteiger partial charge on any atom is 0.103 e. The second-order valence-corrected chi connectivity index (χ2v) is 4.08. The van der Waals surface area contributed by atoms with Gasteiger partial charge in [0, 0.05) is 0 Å². The molecule has 68 valence electrons. The molecule has 0 saturated heterocycles. The lowest BCUT2D eigenvalue weighted by atomic mass is 9.88. The van der Waals surface area contributed by atoms with Crippen molar-refractivity contribution in [3.05, 3.63) is 0 Å². The molecule has 0 aromatic rings. The molecule has 0 aliphatic rings. The third kappa shape index (κ3) is 5.18. The molecule has 11 heavy (non-hydrogen) atoms. The zero-order valence-corrected chi connectivity index (χ0v) is 7.41. The van der Waals surface area contributed by atoms with Gasteiger partial charge in [0.1, 0.15) is 6.10 Å². The SMILES string of the molecule is CC(C)(C)C[C@@H](O)[C@H](O)CO. The summed E-state index contributed by atoms with van der Waals surface area (Å²) < 4.78 is 0. The van der Waals surface area contributed by atoms with E-state index in [0.29, 0.717) is 6.42 Å². The Morgan fingerprint density at radius 1 is 1.09 bits per heavy atom. The predicted octanol–water partition coefficient (Wildman–Crippen LogP) is 0.137. The van der Waals surface area contributed by atoms with E-state index in [4.69, 9.17) is 10.2 Å². The summed E-state index contributed by atoms with van der Waals surface area (Å²) in [6.07, 6.45) is -1.33. The summed E-state index contributed by atoms with van der Waals surface area (Å²) in [4.78, 5) is 0. The van der Waals surface area contributed by atoms with Crippen LogP contribution in [0.25, 0.3) is 0 Å². The van der Waals surface area contributed by atoms with Crippen molar-refractivity contribution in [2.45, 2.75) is 39.4 Å². The largest absolute Gasteiger partial charge is 0.394 e. The zero-order chi connectivity index (χ0) is 9.07. The van der Waals surface area contributed by atoms with Gasteiger partial charge in [0.25, 0.3) is 0 Å². The summed E-state index contributed by atoms with van der Waals surface area (Å²) in [6.45, 7) is 5.54. The monoisotopic (exact) mass is 162 g/mol. The van der Waals surface area contributed by atoms with Crippen LogP contribution in [0.3, 0.4) is 0 Å². The van der Waals surface area contributed by atoms with E-state index < -0.39 is 12.2 Å². The Labute approximate surface area is 67.7 Å². The molecule has 0 spiro atoms. The minimum absolute atomic E-state index is 0.0183. The van der Waals surface area contributed by atoms with Crippen molar-refractivity contribution < 1.29 is 15.3 Å². The van der Waals surface area contributed by atoms with Gasteiger partial charge in [-0.25, -0.2) is 0 Å². The highest BCUT2D eigenvalue weighted by Gasteiger charge is 2.22. The molecule has 3 heteroatoms. The van der Waals surface area contributed by atoms with Crippen LogP contribution < -0.4 is 0 Å². The number of hydrogen-bond donors (Lipinski definition) is 3. The van der Waals surface area contributed by atoms with Crippen LogP contribution in [0.15, 0.2) is 0 Å². The van der Waals surface area contributed by atoms with E-state index in [-0.39, 0.29) is 12.0 Å². The summed E-state index contributed by atoms with van der Waals surface area (Å²) in [6, 6.07) is 0. The van der Waals surface area contributed by atoms with Crippen molar-refractivity contribution in [3.8, 4) is 0 Å². The van der Waals surface area contributed by atoms with Gasteiger partial charge in [-0.05, 0) is 11.8 Å². The van der Waals surface area contributed by atoms with Gasteiger partial charge in [-0.1, -0.05) is 20.8 Å². The van der Waals surface area contributed by atoms with Crippen molar-refractivity contribution in [2.24, 2.45) is 5.41 Å². The minimum atomic E-state index is -1.01. The second kappa shape index (κ2) is 4.04. The van der Waals surface area contributed by atoms with Crippen molar-refractivity contribution in [2.75, 3.05) is 6.61 Å². The molecule has 0 aromatic carbocycles. The van der Waals surface area contributed by atoms with E-state index in [1.54, 1.807) is 0 Å². The molecule has 0 fully saturated rings. The Kier molecular flexibility index (Phi) is 4.00. The Morgan fingerprint density at radius 2 is 1.55 bits per heavy atom. The molecule has 0 amide bonds. The number of aliphatic hydroxyl groups is 3. The van der Waals surface area contributed by atoms with Gasteiger partial charge < -0.3 is 15.3 Å². The molecule has 0 aromatic heterocycles. The first kappa shape index (κ1) is 10.9. The Hall–Kier alpha value is -0.120. The van der Waals surface area contributed by atoms with E-state index in [0.717, 1.165) is 0 Å². The standard InChI is InChI=1S/C8H18O3/c1-8(2,3)4-6(10)7(11)5-9/h6-7,9-11H,4-5H2,1-3H3/t6-,7-/m1/s1. The van der Waals surface area contributed by atoms with E-state index in [9.17, 15) is 5.11 Å². The highest BCUT2D eigenvalue weighted by atomic mass is 16.4. The van der Waals surface area contributed by atoms with Gasteiger partial charge >= 0.3 is 0 Å². The van der Waals surface area contributed by atoms with Gasteiger partial charge in [0.15, 0.2) is 0 Å². The van der Waals surface area contributed by atoms with Crippen LogP contribution >= 0.6 is 0 Å². The molecule has 0 aliphatic heterocycles. The highest BCUT2D eigenvalue weighted by molar-refractivity contribution is 4.73. The van der Waals surface area contributed by atoms with Crippen LogP contribution in [0, 0.1) is 5.41 Å². The minimum Gasteiger partial charge on any atom is -0.394 e. The van der Waals surface area contributed by atoms with E-state index >= 15 is 0 Å². The van der Waals surface area contributed by atoms with Crippen molar-refractivity contribution in [1.29, 1.82) is 0 Å². The van der Waals surface area contributed by atoms with Crippen molar-refractivity contribution in [1.82, 2.24) is 0 Å².